The molecule has 0 saturated heterocycles. The van der Waals surface area contributed by atoms with Crippen LogP contribution in [0.1, 0.15) is 23.0 Å². The molecule has 0 saturated carbocycles. The number of fused-ring (bicyclic) bond motifs is 1. The Labute approximate surface area is 118 Å². The molecule has 1 aromatic heterocycles. The van der Waals surface area contributed by atoms with Crippen LogP contribution in [0.4, 0.5) is 0 Å². The second-order valence-electron chi connectivity index (χ2n) is 4.83. The SMILES string of the molecule is CNC(c1ccc2c(c1)OCCO2)c1cccc(C)n1. The number of hydrogen-bond acceptors (Lipinski definition) is 4. The molecular formula is C16H18N2O2. The number of nitrogens with one attached hydrogen (secondary N) is 1. The zero-order valence-corrected chi connectivity index (χ0v) is 11.7. The molecule has 1 aliphatic heterocycles. The molecular weight excluding hydrogens is 252 g/mol. The van der Waals surface area contributed by atoms with Crippen LogP contribution in [0.5, 0.6) is 11.5 Å². The van der Waals surface area contributed by atoms with Crippen molar-refractivity contribution in [1.29, 1.82) is 0 Å². The molecule has 4 heteroatoms. The molecule has 0 radical (unpaired) electrons. The number of benzene rings is 1. The molecule has 0 amide bonds. The first-order valence-corrected chi connectivity index (χ1v) is 6.78. The minimum absolute atomic E-state index is 0.0470. The van der Waals surface area contributed by atoms with E-state index in [1.54, 1.807) is 0 Å². The summed E-state index contributed by atoms with van der Waals surface area (Å²) in [7, 11) is 1.94. The number of pyridine rings is 1. The van der Waals surface area contributed by atoms with Gasteiger partial charge in [-0.2, -0.15) is 0 Å². The molecule has 4 nitrogen and oxygen atoms in total. The van der Waals surface area contributed by atoms with Crippen LogP contribution in [0.3, 0.4) is 0 Å². The van der Waals surface area contributed by atoms with Crippen molar-refractivity contribution in [3.63, 3.8) is 0 Å². The summed E-state index contributed by atoms with van der Waals surface area (Å²) < 4.78 is 11.2. The molecule has 1 aromatic carbocycles. The number of aryl methyl sites for hydroxylation is 1. The Balaban J connectivity index is 1.97. The van der Waals surface area contributed by atoms with Gasteiger partial charge < -0.3 is 14.8 Å². The Hall–Kier alpha value is -2.07. The normalized spacial score (nSPS) is 14.9. The van der Waals surface area contributed by atoms with Crippen molar-refractivity contribution in [1.82, 2.24) is 10.3 Å². The highest BCUT2D eigenvalue weighted by Gasteiger charge is 2.18. The van der Waals surface area contributed by atoms with Crippen LogP contribution in [-0.2, 0) is 0 Å². The third-order valence-corrected chi connectivity index (χ3v) is 3.39. The van der Waals surface area contributed by atoms with Crippen molar-refractivity contribution < 1.29 is 9.47 Å². The summed E-state index contributed by atoms with van der Waals surface area (Å²) in [5, 5.41) is 3.31. The van der Waals surface area contributed by atoms with Crippen molar-refractivity contribution in [2.75, 3.05) is 20.3 Å². The van der Waals surface area contributed by atoms with Crippen LogP contribution in [0.2, 0.25) is 0 Å². The predicted molar refractivity (Wildman–Crippen MR) is 77.3 cm³/mol. The fourth-order valence-corrected chi connectivity index (χ4v) is 2.45. The smallest absolute Gasteiger partial charge is 0.161 e. The van der Waals surface area contributed by atoms with Crippen LogP contribution >= 0.6 is 0 Å². The first-order valence-electron chi connectivity index (χ1n) is 6.78. The number of hydrogen-bond donors (Lipinski definition) is 1. The summed E-state index contributed by atoms with van der Waals surface area (Å²) in [5.74, 6) is 1.62. The molecule has 3 rings (SSSR count). The van der Waals surface area contributed by atoms with Gasteiger partial charge in [-0.25, -0.2) is 0 Å². The summed E-state index contributed by atoms with van der Waals surface area (Å²) in [4.78, 5) is 4.60. The van der Waals surface area contributed by atoms with Gasteiger partial charge in [0.25, 0.3) is 0 Å². The summed E-state index contributed by atoms with van der Waals surface area (Å²) in [6, 6.07) is 12.2. The van der Waals surface area contributed by atoms with Gasteiger partial charge in [0.05, 0.1) is 11.7 Å². The van der Waals surface area contributed by atoms with Gasteiger partial charge in [0.15, 0.2) is 11.5 Å². The van der Waals surface area contributed by atoms with Crippen molar-refractivity contribution in [2.24, 2.45) is 0 Å². The summed E-state index contributed by atoms with van der Waals surface area (Å²) >= 11 is 0. The van der Waals surface area contributed by atoms with Gasteiger partial charge >= 0.3 is 0 Å². The Kier molecular flexibility index (Phi) is 3.56. The van der Waals surface area contributed by atoms with Crippen LogP contribution < -0.4 is 14.8 Å². The molecule has 1 unspecified atom stereocenters. The highest BCUT2D eigenvalue weighted by molar-refractivity contribution is 5.46. The molecule has 0 bridgehead atoms. The van der Waals surface area contributed by atoms with E-state index in [0.29, 0.717) is 13.2 Å². The standard InChI is InChI=1S/C16H18N2O2/c1-11-4-3-5-13(18-11)16(17-2)12-6-7-14-15(10-12)20-9-8-19-14/h3-7,10,16-17H,8-9H2,1-2H3. The highest BCUT2D eigenvalue weighted by Crippen LogP contribution is 2.33. The van der Waals surface area contributed by atoms with Crippen molar-refractivity contribution in [2.45, 2.75) is 13.0 Å². The molecule has 1 N–H and O–H groups in total. The Bertz CT molecular complexity index is 613. The highest BCUT2D eigenvalue weighted by atomic mass is 16.6. The molecule has 1 atom stereocenters. The maximum Gasteiger partial charge on any atom is 0.161 e. The molecule has 2 aromatic rings. The molecule has 0 fully saturated rings. The zero-order chi connectivity index (χ0) is 13.9. The topological polar surface area (TPSA) is 43.4 Å². The molecule has 20 heavy (non-hydrogen) atoms. The van der Waals surface area contributed by atoms with E-state index in [-0.39, 0.29) is 6.04 Å². The average molecular weight is 270 g/mol. The zero-order valence-electron chi connectivity index (χ0n) is 11.7. The maximum absolute atomic E-state index is 5.65. The quantitative estimate of drug-likeness (QED) is 0.930. The Morgan fingerprint density at radius 1 is 1.10 bits per heavy atom. The fraction of sp³-hybridized carbons (Fsp3) is 0.312. The molecule has 1 aliphatic rings. The number of nitrogens with zero attached hydrogens (tertiary/aromatic N) is 1. The largest absolute Gasteiger partial charge is 0.486 e. The maximum atomic E-state index is 5.65. The number of aromatic nitrogens is 1. The van der Waals surface area contributed by atoms with Crippen LogP contribution in [0.25, 0.3) is 0 Å². The van der Waals surface area contributed by atoms with Gasteiger partial charge in [0, 0.05) is 5.69 Å². The number of ether oxygens (including phenoxy) is 2. The van der Waals surface area contributed by atoms with Crippen LogP contribution in [0.15, 0.2) is 36.4 Å². The summed E-state index contributed by atoms with van der Waals surface area (Å²) in [6.45, 7) is 3.21. The molecule has 0 spiro atoms. The van der Waals surface area contributed by atoms with E-state index < -0.39 is 0 Å². The molecule has 2 heterocycles. The lowest BCUT2D eigenvalue weighted by molar-refractivity contribution is 0.171. The summed E-state index contributed by atoms with van der Waals surface area (Å²) in [5.41, 5.74) is 3.14. The van der Waals surface area contributed by atoms with Gasteiger partial charge in [0.1, 0.15) is 13.2 Å². The Morgan fingerprint density at radius 2 is 1.90 bits per heavy atom. The lowest BCUT2D eigenvalue weighted by atomic mass is 10.0. The van der Waals surface area contributed by atoms with E-state index in [4.69, 9.17) is 9.47 Å². The van der Waals surface area contributed by atoms with E-state index >= 15 is 0 Å². The van der Waals surface area contributed by atoms with Gasteiger partial charge in [-0.15, -0.1) is 0 Å². The molecule has 104 valence electrons. The second-order valence-corrected chi connectivity index (χ2v) is 4.83. The van der Waals surface area contributed by atoms with E-state index in [1.165, 1.54) is 0 Å². The third kappa shape index (κ3) is 2.47. The van der Waals surface area contributed by atoms with Crippen molar-refractivity contribution >= 4 is 0 Å². The fourth-order valence-electron chi connectivity index (χ4n) is 2.45. The second kappa shape index (κ2) is 5.51. The summed E-state index contributed by atoms with van der Waals surface area (Å²) in [6.07, 6.45) is 0. The predicted octanol–water partition coefficient (Wildman–Crippen LogP) is 2.47. The number of rotatable bonds is 3. The minimum atomic E-state index is 0.0470. The third-order valence-electron chi connectivity index (χ3n) is 3.39. The van der Waals surface area contributed by atoms with E-state index in [9.17, 15) is 0 Å². The van der Waals surface area contributed by atoms with Crippen LogP contribution in [0, 0.1) is 6.92 Å². The van der Waals surface area contributed by atoms with E-state index in [1.807, 2.05) is 44.3 Å². The minimum Gasteiger partial charge on any atom is -0.486 e. The van der Waals surface area contributed by atoms with Gasteiger partial charge in [-0.05, 0) is 43.8 Å². The van der Waals surface area contributed by atoms with Crippen molar-refractivity contribution in [3.8, 4) is 11.5 Å². The lowest BCUT2D eigenvalue weighted by Crippen LogP contribution is -2.20. The first kappa shape index (κ1) is 12.9. The monoisotopic (exact) mass is 270 g/mol. The molecule has 0 aliphatic carbocycles. The van der Waals surface area contributed by atoms with Crippen LogP contribution in [-0.4, -0.2) is 25.2 Å². The lowest BCUT2D eigenvalue weighted by Gasteiger charge is -2.22. The van der Waals surface area contributed by atoms with E-state index in [0.717, 1.165) is 28.5 Å². The van der Waals surface area contributed by atoms with E-state index in [2.05, 4.69) is 16.4 Å². The van der Waals surface area contributed by atoms with Gasteiger partial charge in [0.2, 0.25) is 0 Å². The van der Waals surface area contributed by atoms with Crippen molar-refractivity contribution in [3.05, 3.63) is 53.3 Å². The van der Waals surface area contributed by atoms with Gasteiger partial charge in [-0.3, -0.25) is 4.98 Å². The Morgan fingerprint density at radius 3 is 2.65 bits per heavy atom. The average Bonchev–Trinajstić information content (AvgIpc) is 2.48. The first-order chi connectivity index (χ1) is 9.78. The van der Waals surface area contributed by atoms with Gasteiger partial charge in [-0.1, -0.05) is 12.1 Å².